The average Bonchev–Trinajstić information content (AvgIpc) is 2.49. The van der Waals surface area contributed by atoms with E-state index in [1.807, 2.05) is 25.1 Å². The van der Waals surface area contributed by atoms with Crippen LogP contribution in [-0.2, 0) is 0 Å². The van der Waals surface area contributed by atoms with Crippen molar-refractivity contribution in [2.75, 3.05) is 11.9 Å². The molecule has 0 saturated heterocycles. The number of carbonyl (C=O) groups is 1. The van der Waals surface area contributed by atoms with Crippen molar-refractivity contribution in [1.82, 2.24) is 4.98 Å². The number of nitrogens with one attached hydrogen (secondary N) is 1. The molecule has 0 aliphatic carbocycles. The molecule has 21 heavy (non-hydrogen) atoms. The number of aryl methyl sites for hydroxylation is 1. The number of rotatable bonds is 3. The molecule has 1 aromatic carbocycles. The highest BCUT2D eigenvalue weighted by Crippen LogP contribution is 2.15. The van der Waals surface area contributed by atoms with Crippen LogP contribution in [0.3, 0.4) is 0 Å². The Morgan fingerprint density at radius 3 is 2.90 bits per heavy atom. The van der Waals surface area contributed by atoms with Crippen molar-refractivity contribution in [3.05, 3.63) is 59.4 Å². The lowest BCUT2D eigenvalue weighted by Crippen LogP contribution is -2.13. The Balaban J connectivity index is 2.20. The third-order valence-corrected chi connectivity index (χ3v) is 2.79. The first-order chi connectivity index (χ1) is 10.2. The third kappa shape index (κ3) is 4.16. The summed E-state index contributed by atoms with van der Waals surface area (Å²) in [6.07, 6.45) is 2.02. The molecule has 106 valence electrons. The quantitative estimate of drug-likeness (QED) is 0.849. The van der Waals surface area contributed by atoms with E-state index in [1.165, 1.54) is 0 Å². The first-order valence-corrected chi connectivity index (χ1v) is 6.63. The smallest absolute Gasteiger partial charge is 0.255 e. The van der Waals surface area contributed by atoms with Gasteiger partial charge in [-0.3, -0.25) is 9.78 Å². The van der Waals surface area contributed by atoms with Crippen LogP contribution in [0.2, 0.25) is 0 Å². The van der Waals surface area contributed by atoms with Crippen LogP contribution in [-0.4, -0.2) is 22.6 Å². The second-order valence-electron chi connectivity index (χ2n) is 4.46. The van der Waals surface area contributed by atoms with E-state index in [9.17, 15) is 4.79 Å². The fourth-order valence-corrected chi connectivity index (χ4v) is 1.80. The van der Waals surface area contributed by atoms with Gasteiger partial charge in [-0.05, 0) is 31.2 Å². The summed E-state index contributed by atoms with van der Waals surface area (Å²) in [5.41, 5.74) is 2.73. The highest BCUT2D eigenvalue weighted by atomic mass is 16.2. The zero-order valence-corrected chi connectivity index (χ0v) is 11.8. The van der Waals surface area contributed by atoms with E-state index >= 15 is 0 Å². The molecule has 4 heteroatoms. The molecule has 0 fully saturated rings. The number of nitrogens with zero attached hydrogens (tertiary/aromatic N) is 1. The maximum atomic E-state index is 12.2. The summed E-state index contributed by atoms with van der Waals surface area (Å²) in [5, 5.41) is 11.6. The van der Waals surface area contributed by atoms with Crippen molar-refractivity contribution >= 4 is 11.6 Å². The highest BCUT2D eigenvalue weighted by molar-refractivity contribution is 6.04. The van der Waals surface area contributed by atoms with Crippen LogP contribution >= 0.6 is 0 Å². The molecule has 4 nitrogen and oxygen atoms in total. The van der Waals surface area contributed by atoms with Gasteiger partial charge >= 0.3 is 0 Å². The zero-order valence-electron chi connectivity index (χ0n) is 11.8. The molecule has 2 aromatic rings. The molecule has 0 unspecified atom stereocenters. The molecule has 0 spiro atoms. The minimum absolute atomic E-state index is 0.0256. The normalized spacial score (nSPS) is 9.62. The number of pyridine rings is 1. The van der Waals surface area contributed by atoms with Gasteiger partial charge in [0.2, 0.25) is 0 Å². The van der Waals surface area contributed by atoms with E-state index in [-0.39, 0.29) is 12.5 Å². The van der Waals surface area contributed by atoms with Gasteiger partial charge in [-0.1, -0.05) is 24.0 Å². The number of hydrogen-bond donors (Lipinski definition) is 2. The summed E-state index contributed by atoms with van der Waals surface area (Å²) in [5.74, 6) is 5.60. The Morgan fingerprint density at radius 2 is 2.14 bits per heavy atom. The second kappa shape index (κ2) is 7.22. The molecule has 0 aliphatic heterocycles. The number of aliphatic hydroxyl groups is 1. The summed E-state index contributed by atoms with van der Waals surface area (Å²) >= 11 is 0. The molecular formula is C17H16N2O2. The number of para-hydroxylation sites is 1. The first-order valence-electron chi connectivity index (χ1n) is 6.63. The molecule has 1 heterocycles. The summed E-state index contributed by atoms with van der Waals surface area (Å²) in [7, 11) is 0. The number of carbonyl (C=O) groups excluding carboxylic acids is 1. The van der Waals surface area contributed by atoms with Gasteiger partial charge in [-0.25, -0.2) is 0 Å². The van der Waals surface area contributed by atoms with E-state index in [0.717, 1.165) is 11.3 Å². The van der Waals surface area contributed by atoms with Crippen molar-refractivity contribution in [3.8, 4) is 11.8 Å². The fraction of sp³-hybridized carbons (Fsp3) is 0.176. The lowest BCUT2D eigenvalue weighted by molar-refractivity contribution is 0.102. The molecule has 0 saturated carbocycles. The lowest BCUT2D eigenvalue weighted by atomic mass is 10.1. The molecular weight excluding hydrogens is 264 g/mol. The minimum Gasteiger partial charge on any atom is -0.395 e. The standard InChI is InChI=1S/C17H16N2O2/c1-13-12-15(9-10-18-13)17(21)19-16-8-3-2-6-14(16)7-4-5-11-20/h2-3,6,8-10,12,20H,5,11H2,1H3,(H,19,21). The Hall–Kier alpha value is -2.64. The molecule has 0 aliphatic rings. The third-order valence-electron chi connectivity index (χ3n) is 2.79. The van der Waals surface area contributed by atoms with Gasteiger partial charge in [0.1, 0.15) is 0 Å². The van der Waals surface area contributed by atoms with Gasteiger partial charge in [0.25, 0.3) is 5.91 Å². The van der Waals surface area contributed by atoms with Crippen molar-refractivity contribution in [3.63, 3.8) is 0 Å². The van der Waals surface area contributed by atoms with E-state index < -0.39 is 0 Å². The van der Waals surface area contributed by atoms with Gasteiger partial charge in [0, 0.05) is 29.4 Å². The molecule has 0 atom stereocenters. The molecule has 1 amide bonds. The Labute approximate surface area is 123 Å². The van der Waals surface area contributed by atoms with Crippen LogP contribution in [0, 0.1) is 18.8 Å². The van der Waals surface area contributed by atoms with Crippen LogP contribution in [0.1, 0.15) is 28.0 Å². The number of aliphatic hydroxyl groups excluding tert-OH is 1. The van der Waals surface area contributed by atoms with Crippen molar-refractivity contribution in [2.24, 2.45) is 0 Å². The molecule has 2 N–H and O–H groups in total. The number of aromatic nitrogens is 1. The summed E-state index contributed by atoms with van der Waals surface area (Å²) in [6, 6.07) is 10.7. The van der Waals surface area contributed by atoms with Gasteiger partial charge in [-0.15, -0.1) is 0 Å². The lowest BCUT2D eigenvalue weighted by Gasteiger charge is -2.07. The zero-order chi connectivity index (χ0) is 15.1. The van der Waals surface area contributed by atoms with Crippen molar-refractivity contribution in [1.29, 1.82) is 0 Å². The average molecular weight is 280 g/mol. The maximum Gasteiger partial charge on any atom is 0.255 e. The molecule has 2 rings (SSSR count). The number of amides is 1. The van der Waals surface area contributed by atoms with E-state index in [4.69, 9.17) is 5.11 Å². The predicted octanol–water partition coefficient (Wildman–Crippen LogP) is 2.38. The topological polar surface area (TPSA) is 62.2 Å². The van der Waals surface area contributed by atoms with Crippen molar-refractivity contribution < 1.29 is 9.90 Å². The Bertz CT molecular complexity index is 699. The van der Waals surface area contributed by atoms with Gasteiger partial charge in [0.15, 0.2) is 0 Å². The Kier molecular flexibility index (Phi) is 5.08. The molecule has 0 radical (unpaired) electrons. The van der Waals surface area contributed by atoms with Crippen molar-refractivity contribution in [2.45, 2.75) is 13.3 Å². The first kappa shape index (κ1) is 14.8. The monoisotopic (exact) mass is 280 g/mol. The SMILES string of the molecule is Cc1cc(C(=O)Nc2ccccc2C#CCCO)ccn1. The number of hydrogen-bond acceptors (Lipinski definition) is 3. The maximum absolute atomic E-state index is 12.2. The predicted molar refractivity (Wildman–Crippen MR) is 82.0 cm³/mol. The van der Waals surface area contributed by atoms with Crippen LogP contribution in [0.15, 0.2) is 42.6 Å². The van der Waals surface area contributed by atoms with E-state index in [2.05, 4.69) is 22.1 Å². The fourth-order valence-electron chi connectivity index (χ4n) is 1.80. The van der Waals surface area contributed by atoms with Crippen LogP contribution in [0.5, 0.6) is 0 Å². The minimum atomic E-state index is -0.197. The molecule has 0 bridgehead atoms. The number of benzene rings is 1. The van der Waals surface area contributed by atoms with Gasteiger partial charge < -0.3 is 10.4 Å². The Morgan fingerprint density at radius 1 is 1.33 bits per heavy atom. The van der Waals surface area contributed by atoms with Crippen LogP contribution in [0.25, 0.3) is 0 Å². The largest absolute Gasteiger partial charge is 0.395 e. The summed E-state index contributed by atoms with van der Waals surface area (Å²) in [6.45, 7) is 1.86. The van der Waals surface area contributed by atoms with Crippen LogP contribution < -0.4 is 5.32 Å². The van der Waals surface area contributed by atoms with E-state index in [0.29, 0.717) is 17.7 Å². The highest BCUT2D eigenvalue weighted by Gasteiger charge is 2.08. The second-order valence-corrected chi connectivity index (χ2v) is 4.46. The molecule has 1 aromatic heterocycles. The summed E-state index contributed by atoms with van der Waals surface area (Å²) < 4.78 is 0. The van der Waals surface area contributed by atoms with Gasteiger partial charge in [0.05, 0.1) is 12.3 Å². The van der Waals surface area contributed by atoms with Gasteiger partial charge in [-0.2, -0.15) is 0 Å². The van der Waals surface area contributed by atoms with Crippen LogP contribution in [0.4, 0.5) is 5.69 Å². The summed E-state index contributed by atoms with van der Waals surface area (Å²) in [4.78, 5) is 16.3. The van der Waals surface area contributed by atoms with E-state index in [1.54, 1.807) is 24.4 Å². The number of anilines is 1.